The van der Waals surface area contributed by atoms with E-state index in [4.69, 9.17) is 37.9 Å². The van der Waals surface area contributed by atoms with E-state index in [1.165, 1.54) is 42.5 Å². The zero-order valence-corrected chi connectivity index (χ0v) is 33.1. The van der Waals surface area contributed by atoms with Crippen molar-refractivity contribution in [1.82, 2.24) is 0 Å². The average molecular weight is 907 g/mol. The van der Waals surface area contributed by atoms with Crippen molar-refractivity contribution < 1.29 is 114 Å². The molecule has 7 rings (SSSR count). The molecule has 3 fully saturated rings. The lowest BCUT2D eigenvalue weighted by molar-refractivity contribution is -0.333. The smallest absolute Gasteiger partial charge is 0.330 e. The molecule has 3 aromatic carbocycles. The van der Waals surface area contributed by atoms with Gasteiger partial charge in [0.05, 0.1) is 18.8 Å². The molecule has 14 N–H and O–H groups in total. The largest absolute Gasteiger partial charge is 0.508 e. The third-order valence-electron chi connectivity index (χ3n) is 10.8. The molecule has 4 aliphatic rings. The number of esters is 1. The maximum absolute atomic E-state index is 12.4. The van der Waals surface area contributed by atoms with Gasteiger partial charge in [-0.25, -0.2) is 4.79 Å². The van der Waals surface area contributed by atoms with Crippen LogP contribution in [0.15, 0.2) is 60.4 Å². The number of aliphatic hydroxyl groups excluding tert-OH is 8. The van der Waals surface area contributed by atoms with Crippen molar-refractivity contribution in [2.45, 2.75) is 92.1 Å². The van der Waals surface area contributed by atoms with E-state index in [1.807, 2.05) is 0 Å². The predicted octanol–water partition coefficient (Wildman–Crippen LogP) is -2.24. The Kier molecular flexibility index (Phi) is 14.0. The molecule has 23 nitrogen and oxygen atoms in total. The minimum atomic E-state index is -1.95. The van der Waals surface area contributed by atoms with Crippen LogP contribution in [-0.4, -0.2) is 183 Å². The minimum absolute atomic E-state index is 0.00990. The maximum Gasteiger partial charge on any atom is 0.330 e. The zero-order valence-electron chi connectivity index (χ0n) is 33.1. The second kappa shape index (κ2) is 19.3. The van der Waals surface area contributed by atoms with Gasteiger partial charge in [0, 0.05) is 23.8 Å². The summed E-state index contributed by atoms with van der Waals surface area (Å²) in [6.07, 6.45) is -22.3. The first-order valence-electron chi connectivity index (χ1n) is 19.5. The van der Waals surface area contributed by atoms with Crippen LogP contribution in [0.3, 0.4) is 0 Å². The maximum atomic E-state index is 12.4. The normalized spacial score (nSPS) is 33.9. The van der Waals surface area contributed by atoms with Gasteiger partial charge in [0.2, 0.25) is 6.29 Å². The van der Waals surface area contributed by atoms with Crippen LogP contribution in [0.2, 0.25) is 0 Å². The molecule has 4 aliphatic heterocycles. The van der Waals surface area contributed by atoms with Gasteiger partial charge in [-0.1, -0.05) is 12.1 Å². The molecule has 15 atom stereocenters. The molecule has 3 aromatic rings. The van der Waals surface area contributed by atoms with Crippen molar-refractivity contribution in [3.63, 3.8) is 0 Å². The Balaban J connectivity index is 1.10. The van der Waals surface area contributed by atoms with Gasteiger partial charge in [-0.15, -0.1) is 0 Å². The summed E-state index contributed by atoms with van der Waals surface area (Å²) in [5.74, 6) is -3.91. The van der Waals surface area contributed by atoms with Crippen molar-refractivity contribution in [2.24, 2.45) is 0 Å². The average Bonchev–Trinajstić information content (AvgIpc) is 3.50. The second-order valence-corrected chi connectivity index (χ2v) is 15.2. The molecule has 3 saturated heterocycles. The summed E-state index contributed by atoms with van der Waals surface area (Å²) in [7, 11) is 0. The van der Waals surface area contributed by atoms with Gasteiger partial charge in [-0.05, 0) is 42.0 Å². The van der Waals surface area contributed by atoms with Crippen molar-refractivity contribution in [3.05, 3.63) is 77.1 Å². The summed E-state index contributed by atoms with van der Waals surface area (Å²) >= 11 is 0. The molecular weight excluding hydrogens is 860 g/mol. The number of carbonyl (C=O) groups is 1. The highest BCUT2D eigenvalue weighted by molar-refractivity contribution is 5.87. The third-order valence-corrected chi connectivity index (χ3v) is 10.8. The van der Waals surface area contributed by atoms with Crippen LogP contribution < -0.4 is 4.74 Å². The summed E-state index contributed by atoms with van der Waals surface area (Å²) < 4.78 is 45.8. The van der Waals surface area contributed by atoms with Crippen LogP contribution in [0.1, 0.15) is 22.8 Å². The molecule has 23 heteroatoms. The van der Waals surface area contributed by atoms with Gasteiger partial charge in [0.15, 0.2) is 41.7 Å². The number of hydrogen-bond donors (Lipinski definition) is 14. The van der Waals surface area contributed by atoms with Crippen molar-refractivity contribution in [2.75, 3.05) is 19.8 Å². The van der Waals surface area contributed by atoms with E-state index in [0.717, 1.165) is 24.3 Å². The SMILES string of the molecule is O=C(C=Cc1ccc(O)c(O)c1)OCC1OC(OCC2OC(OC3=Cc4c(O)cc(O)cc4OC3c3ccc(O)c(O)c3)C(OCC3OC(O)C(O)C3O)C(O)C2O)C(O)C(O)C1O. The summed E-state index contributed by atoms with van der Waals surface area (Å²) in [5, 5.41) is 145. The van der Waals surface area contributed by atoms with Gasteiger partial charge < -0.3 is 109 Å². The molecule has 348 valence electrons. The quantitative estimate of drug-likeness (QED) is 0.0490. The molecule has 0 saturated carbocycles. The first-order valence-corrected chi connectivity index (χ1v) is 19.5. The van der Waals surface area contributed by atoms with E-state index in [9.17, 15) is 76.3 Å². The highest BCUT2D eigenvalue weighted by Gasteiger charge is 2.51. The van der Waals surface area contributed by atoms with Crippen LogP contribution in [0, 0.1) is 0 Å². The number of ether oxygens (including phenoxy) is 8. The van der Waals surface area contributed by atoms with Crippen molar-refractivity contribution in [1.29, 1.82) is 0 Å². The number of hydrogen-bond acceptors (Lipinski definition) is 23. The van der Waals surface area contributed by atoms with E-state index in [-0.39, 0.29) is 34.1 Å². The van der Waals surface area contributed by atoms with E-state index >= 15 is 0 Å². The molecule has 4 heterocycles. The Morgan fingerprint density at radius 2 is 1.22 bits per heavy atom. The highest BCUT2D eigenvalue weighted by atomic mass is 16.7. The van der Waals surface area contributed by atoms with E-state index in [2.05, 4.69) is 0 Å². The Labute approximate surface area is 361 Å². The fourth-order valence-electron chi connectivity index (χ4n) is 7.20. The lowest BCUT2D eigenvalue weighted by Crippen LogP contribution is -2.62. The summed E-state index contributed by atoms with van der Waals surface area (Å²) in [4.78, 5) is 12.4. The number of phenolic OH excluding ortho intramolecular Hbond substituents is 6. The Hall–Kier alpha value is -5.51. The number of benzene rings is 3. The van der Waals surface area contributed by atoms with Crippen LogP contribution in [0.25, 0.3) is 12.2 Å². The second-order valence-electron chi connectivity index (χ2n) is 15.2. The standard InChI is InChI=1S/C41H46O23/c42-17-9-21(45)18-11-25(37(60-24(18)10-17)16-3-5-20(44)23(47)8-16)62-41-38(58-13-26-32(51)35(54)39(56)61-26)34(53)31(50)28(64-41)14-59-40-36(55)33(52)30(49)27(63-40)12-57-29(48)6-2-15-1-4-19(43)22(46)7-15/h1-11,26-28,30-47,49-56H,12-14H2. The summed E-state index contributed by atoms with van der Waals surface area (Å²) in [5.41, 5.74) is 0.459. The minimum Gasteiger partial charge on any atom is -0.508 e. The molecule has 0 aliphatic carbocycles. The number of aromatic hydroxyl groups is 6. The lowest BCUT2D eigenvalue weighted by atomic mass is 9.97. The molecule has 0 aromatic heterocycles. The lowest BCUT2D eigenvalue weighted by Gasteiger charge is -2.44. The molecule has 15 unspecified atom stereocenters. The van der Waals surface area contributed by atoms with Crippen LogP contribution in [0.4, 0.5) is 0 Å². The van der Waals surface area contributed by atoms with E-state index in [1.54, 1.807) is 0 Å². The van der Waals surface area contributed by atoms with Crippen molar-refractivity contribution >= 4 is 18.1 Å². The molecule has 0 radical (unpaired) electrons. The van der Waals surface area contributed by atoms with Crippen LogP contribution in [-0.2, 0) is 38.0 Å². The number of aliphatic hydroxyl groups is 8. The van der Waals surface area contributed by atoms with Gasteiger partial charge in [0.25, 0.3) is 0 Å². The Bertz CT molecular complexity index is 2200. The topological polar surface area (TPSA) is 374 Å². The van der Waals surface area contributed by atoms with Crippen LogP contribution in [0.5, 0.6) is 40.2 Å². The zero-order chi connectivity index (χ0) is 46.1. The fraction of sp³-hybridized carbons (Fsp3) is 0.439. The molecule has 64 heavy (non-hydrogen) atoms. The van der Waals surface area contributed by atoms with Crippen molar-refractivity contribution in [3.8, 4) is 40.2 Å². The number of rotatable bonds is 13. The van der Waals surface area contributed by atoms with Gasteiger partial charge in [-0.3, -0.25) is 0 Å². The first-order chi connectivity index (χ1) is 30.4. The highest BCUT2D eigenvalue weighted by Crippen LogP contribution is 2.46. The molecular formula is C41H46O23. The summed E-state index contributed by atoms with van der Waals surface area (Å²) in [6, 6.07) is 9.57. The fourth-order valence-corrected chi connectivity index (χ4v) is 7.20. The van der Waals surface area contributed by atoms with Gasteiger partial charge in [0.1, 0.15) is 96.8 Å². The molecule has 0 amide bonds. The van der Waals surface area contributed by atoms with Crippen LogP contribution >= 0.6 is 0 Å². The third kappa shape index (κ3) is 9.91. The number of fused-ring (bicyclic) bond motifs is 1. The van der Waals surface area contributed by atoms with Gasteiger partial charge in [-0.2, -0.15) is 0 Å². The predicted molar refractivity (Wildman–Crippen MR) is 208 cm³/mol. The Morgan fingerprint density at radius 1 is 0.594 bits per heavy atom. The van der Waals surface area contributed by atoms with Gasteiger partial charge >= 0.3 is 5.97 Å². The monoisotopic (exact) mass is 906 g/mol. The first kappa shape index (κ1) is 46.5. The number of carbonyl (C=O) groups excluding carboxylic acids is 1. The molecule has 0 bridgehead atoms. The number of phenols is 6. The van der Waals surface area contributed by atoms with E-state index < -0.39 is 141 Å². The van der Waals surface area contributed by atoms with E-state index in [0.29, 0.717) is 5.56 Å². The molecule has 0 spiro atoms. The summed E-state index contributed by atoms with van der Waals surface area (Å²) in [6.45, 7) is -2.05. The Morgan fingerprint density at radius 3 is 1.91 bits per heavy atom.